The molecular formula is C20H17ClN2O3. The lowest BCUT2D eigenvalue weighted by atomic mass is 10.1. The number of carboxylic acids is 1. The fraction of sp³-hybridized carbons (Fsp3) is 0.100. The number of rotatable bonds is 6. The smallest absolute Gasteiger partial charge is 0.337 e. The molecule has 5 nitrogen and oxygen atoms in total. The highest BCUT2D eigenvalue weighted by atomic mass is 35.5. The fourth-order valence-corrected chi connectivity index (χ4v) is 2.88. The Morgan fingerprint density at radius 2 is 1.73 bits per heavy atom. The Hall–Kier alpha value is -3.05. The van der Waals surface area contributed by atoms with Gasteiger partial charge in [-0.05, 0) is 41.5 Å². The van der Waals surface area contributed by atoms with Crippen molar-refractivity contribution in [2.45, 2.75) is 13.0 Å². The van der Waals surface area contributed by atoms with Crippen LogP contribution in [0, 0.1) is 0 Å². The molecule has 3 aromatic rings. The van der Waals surface area contributed by atoms with Gasteiger partial charge in [-0.15, -0.1) is 0 Å². The molecule has 0 atom stereocenters. The van der Waals surface area contributed by atoms with Crippen LogP contribution in [-0.2, 0) is 17.8 Å². The van der Waals surface area contributed by atoms with Crippen LogP contribution < -0.4 is 5.32 Å². The minimum Gasteiger partial charge on any atom is -0.478 e. The van der Waals surface area contributed by atoms with Crippen molar-refractivity contribution in [3.05, 3.63) is 88.7 Å². The topological polar surface area (TPSA) is 71.3 Å². The van der Waals surface area contributed by atoms with Gasteiger partial charge in [-0.25, -0.2) is 4.79 Å². The lowest BCUT2D eigenvalue weighted by molar-refractivity contribution is -0.115. The third-order valence-corrected chi connectivity index (χ3v) is 4.11. The van der Waals surface area contributed by atoms with E-state index >= 15 is 0 Å². The van der Waals surface area contributed by atoms with Gasteiger partial charge in [-0.3, -0.25) is 4.79 Å². The highest BCUT2D eigenvalue weighted by Crippen LogP contribution is 2.21. The minimum absolute atomic E-state index is 0.00380. The first-order valence-electron chi connectivity index (χ1n) is 8.02. The zero-order valence-corrected chi connectivity index (χ0v) is 14.6. The lowest BCUT2D eigenvalue weighted by Crippen LogP contribution is -2.17. The van der Waals surface area contributed by atoms with Gasteiger partial charge < -0.3 is 15.0 Å². The molecule has 0 saturated carbocycles. The molecule has 2 aromatic carbocycles. The summed E-state index contributed by atoms with van der Waals surface area (Å²) in [6, 6.07) is 16.0. The van der Waals surface area contributed by atoms with Crippen molar-refractivity contribution >= 4 is 29.2 Å². The number of aromatic carboxylic acids is 1. The van der Waals surface area contributed by atoms with E-state index in [1.807, 2.05) is 53.4 Å². The van der Waals surface area contributed by atoms with Crippen LogP contribution in [0.3, 0.4) is 0 Å². The SMILES string of the molecule is O=C(Cc1cccc(Cn2cccc2)c1)Nc1cc(Cl)ccc1C(=O)O. The summed E-state index contributed by atoms with van der Waals surface area (Å²) < 4.78 is 2.05. The zero-order chi connectivity index (χ0) is 18.5. The monoisotopic (exact) mass is 368 g/mol. The predicted octanol–water partition coefficient (Wildman–Crippen LogP) is 4.07. The molecule has 3 rings (SSSR count). The van der Waals surface area contributed by atoms with E-state index in [1.54, 1.807) is 0 Å². The third kappa shape index (κ3) is 4.52. The number of aromatic nitrogens is 1. The second-order valence-corrected chi connectivity index (χ2v) is 6.33. The summed E-state index contributed by atoms with van der Waals surface area (Å²) in [5.74, 6) is -1.42. The highest BCUT2D eigenvalue weighted by Gasteiger charge is 2.13. The quantitative estimate of drug-likeness (QED) is 0.689. The van der Waals surface area contributed by atoms with E-state index in [0.29, 0.717) is 5.02 Å². The number of hydrogen-bond donors (Lipinski definition) is 2. The average molecular weight is 369 g/mol. The number of benzene rings is 2. The van der Waals surface area contributed by atoms with Gasteiger partial charge in [0.2, 0.25) is 5.91 Å². The largest absolute Gasteiger partial charge is 0.478 e. The second kappa shape index (κ2) is 7.89. The number of nitrogens with zero attached hydrogens (tertiary/aromatic N) is 1. The van der Waals surface area contributed by atoms with Crippen LogP contribution in [0.25, 0.3) is 0 Å². The number of carboxylic acid groups (broad SMARTS) is 1. The van der Waals surface area contributed by atoms with Crippen LogP contribution in [0.2, 0.25) is 5.02 Å². The molecule has 0 aliphatic carbocycles. The van der Waals surface area contributed by atoms with Crippen LogP contribution in [0.4, 0.5) is 5.69 Å². The van der Waals surface area contributed by atoms with Crippen LogP contribution in [0.1, 0.15) is 21.5 Å². The highest BCUT2D eigenvalue weighted by molar-refractivity contribution is 6.31. The number of halogens is 1. The number of carbonyl (C=O) groups is 2. The molecule has 2 N–H and O–H groups in total. The molecule has 0 spiro atoms. The van der Waals surface area contributed by atoms with Crippen molar-refractivity contribution < 1.29 is 14.7 Å². The van der Waals surface area contributed by atoms with Crippen LogP contribution in [0.5, 0.6) is 0 Å². The first kappa shape index (κ1) is 17.8. The summed E-state index contributed by atoms with van der Waals surface area (Å²) in [5.41, 5.74) is 2.13. The molecule has 1 heterocycles. The van der Waals surface area contributed by atoms with Crippen LogP contribution >= 0.6 is 11.6 Å². The molecule has 0 bridgehead atoms. The van der Waals surface area contributed by atoms with Gasteiger partial charge >= 0.3 is 5.97 Å². The van der Waals surface area contributed by atoms with Gasteiger partial charge in [0.15, 0.2) is 0 Å². The number of hydrogen-bond acceptors (Lipinski definition) is 2. The molecule has 0 fully saturated rings. The van der Waals surface area contributed by atoms with Crippen molar-refractivity contribution in [2.24, 2.45) is 0 Å². The van der Waals surface area contributed by atoms with Crippen molar-refractivity contribution in [1.82, 2.24) is 4.57 Å². The molecule has 1 amide bonds. The van der Waals surface area contributed by atoms with E-state index in [2.05, 4.69) is 5.32 Å². The van der Waals surface area contributed by atoms with Gasteiger partial charge in [0, 0.05) is 24.0 Å². The van der Waals surface area contributed by atoms with Crippen molar-refractivity contribution in [1.29, 1.82) is 0 Å². The van der Waals surface area contributed by atoms with Gasteiger partial charge in [-0.2, -0.15) is 0 Å². The number of nitrogens with one attached hydrogen (secondary N) is 1. The number of carbonyl (C=O) groups excluding carboxylic acids is 1. The van der Waals surface area contributed by atoms with E-state index in [4.69, 9.17) is 11.6 Å². The molecule has 0 aliphatic heterocycles. The summed E-state index contributed by atoms with van der Waals surface area (Å²) in [5, 5.41) is 12.2. The predicted molar refractivity (Wildman–Crippen MR) is 101 cm³/mol. The standard InChI is InChI=1S/C20H17ClN2O3/c21-16-6-7-17(20(25)26)18(12-16)22-19(24)11-14-4-3-5-15(10-14)13-23-8-1-2-9-23/h1-10,12H,11,13H2,(H,22,24)(H,25,26). The Balaban J connectivity index is 1.71. The molecule has 0 saturated heterocycles. The normalized spacial score (nSPS) is 10.5. The van der Waals surface area contributed by atoms with Crippen LogP contribution in [0.15, 0.2) is 67.0 Å². The molecule has 132 valence electrons. The molecule has 1 aromatic heterocycles. The number of anilines is 1. The van der Waals surface area contributed by atoms with E-state index in [-0.39, 0.29) is 23.6 Å². The van der Waals surface area contributed by atoms with E-state index in [0.717, 1.165) is 17.7 Å². The molecular weight excluding hydrogens is 352 g/mol. The fourth-order valence-electron chi connectivity index (χ4n) is 2.71. The molecule has 0 aliphatic rings. The molecule has 6 heteroatoms. The first-order chi connectivity index (χ1) is 12.5. The Morgan fingerprint density at radius 3 is 2.46 bits per heavy atom. The lowest BCUT2D eigenvalue weighted by Gasteiger charge is -2.10. The maximum Gasteiger partial charge on any atom is 0.337 e. The summed E-state index contributed by atoms with van der Waals surface area (Å²) in [6.45, 7) is 0.722. The average Bonchev–Trinajstić information content (AvgIpc) is 3.07. The van der Waals surface area contributed by atoms with E-state index < -0.39 is 5.97 Å². The van der Waals surface area contributed by atoms with Gasteiger partial charge in [-0.1, -0.05) is 35.9 Å². The molecule has 0 radical (unpaired) electrons. The Kier molecular flexibility index (Phi) is 5.39. The second-order valence-electron chi connectivity index (χ2n) is 5.90. The summed E-state index contributed by atoms with van der Waals surface area (Å²) >= 11 is 5.91. The Bertz CT molecular complexity index is 936. The maximum absolute atomic E-state index is 12.3. The Morgan fingerprint density at radius 1 is 1.00 bits per heavy atom. The zero-order valence-electron chi connectivity index (χ0n) is 13.9. The van der Waals surface area contributed by atoms with E-state index in [9.17, 15) is 14.7 Å². The van der Waals surface area contributed by atoms with Gasteiger partial charge in [0.25, 0.3) is 0 Å². The summed E-state index contributed by atoms with van der Waals surface area (Å²) in [6.07, 6.45) is 4.10. The summed E-state index contributed by atoms with van der Waals surface area (Å²) in [7, 11) is 0. The minimum atomic E-state index is -1.12. The maximum atomic E-state index is 12.3. The number of amides is 1. The summed E-state index contributed by atoms with van der Waals surface area (Å²) in [4.78, 5) is 23.6. The molecule has 26 heavy (non-hydrogen) atoms. The third-order valence-electron chi connectivity index (χ3n) is 3.87. The van der Waals surface area contributed by atoms with Crippen molar-refractivity contribution in [3.63, 3.8) is 0 Å². The van der Waals surface area contributed by atoms with Crippen LogP contribution in [-0.4, -0.2) is 21.6 Å². The van der Waals surface area contributed by atoms with Crippen molar-refractivity contribution in [3.8, 4) is 0 Å². The molecule has 0 unspecified atom stereocenters. The van der Waals surface area contributed by atoms with Gasteiger partial charge in [0.1, 0.15) is 0 Å². The Labute approximate surface area is 155 Å². The van der Waals surface area contributed by atoms with Crippen molar-refractivity contribution in [2.75, 3.05) is 5.32 Å². The van der Waals surface area contributed by atoms with Gasteiger partial charge in [0.05, 0.1) is 17.7 Å². The first-order valence-corrected chi connectivity index (χ1v) is 8.40. The van der Waals surface area contributed by atoms with E-state index in [1.165, 1.54) is 18.2 Å².